The van der Waals surface area contributed by atoms with Gasteiger partial charge in [-0.2, -0.15) is 0 Å². The van der Waals surface area contributed by atoms with Crippen LogP contribution in [-0.4, -0.2) is 25.1 Å². The molecule has 0 fully saturated rings. The van der Waals surface area contributed by atoms with Crippen molar-refractivity contribution in [2.45, 2.75) is 26.8 Å². The van der Waals surface area contributed by atoms with Gasteiger partial charge in [0.25, 0.3) is 0 Å². The highest BCUT2D eigenvalue weighted by molar-refractivity contribution is 5.85. The lowest BCUT2D eigenvalue weighted by molar-refractivity contribution is -0.124. The lowest BCUT2D eigenvalue weighted by atomic mass is 9.87. The van der Waals surface area contributed by atoms with Crippen LogP contribution < -0.4 is 15.8 Å². The maximum atomic E-state index is 11.7. The summed E-state index contributed by atoms with van der Waals surface area (Å²) in [4.78, 5) is 11.7. The number of hydrogen-bond donors (Lipinski definition) is 2. The number of rotatable bonds is 5. The quantitative estimate of drug-likeness (QED) is 0.814. The van der Waals surface area contributed by atoms with Crippen molar-refractivity contribution in [3.05, 3.63) is 30.3 Å². The molecule has 1 aromatic carbocycles. The van der Waals surface area contributed by atoms with Crippen molar-refractivity contribution in [3.63, 3.8) is 0 Å². The molecule has 1 rings (SSSR count). The number of carbonyl (C=O) groups is 1. The number of amides is 1. The summed E-state index contributed by atoms with van der Waals surface area (Å²) < 4.78 is 5.47. The van der Waals surface area contributed by atoms with E-state index >= 15 is 0 Å². The zero-order valence-electron chi connectivity index (χ0n) is 11.7. The van der Waals surface area contributed by atoms with Crippen molar-refractivity contribution in [2.24, 2.45) is 11.1 Å². The summed E-state index contributed by atoms with van der Waals surface area (Å²) in [5, 5.41) is 2.77. The minimum atomic E-state index is -0.505. The predicted molar refractivity (Wildman–Crippen MR) is 79.6 cm³/mol. The third-order valence-corrected chi connectivity index (χ3v) is 2.63. The number of carbonyl (C=O) groups excluding carboxylic acids is 1. The van der Waals surface area contributed by atoms with Gasteiger partial charge in [-0.15, -0.1) is 12.4 Å². The molecule has 0 saturated carbocycles. The summed E-state index contributed by atoms with van der Waals surface area (Å²) in [7, 11) is 0. The number of hydrogen-bond acceptors (Lipinski definition) is 3. The van der Waals surface area contributed by atoms with Crippen LogP contribution in [0.25, 0.3) is 0 Å². The highest BCUT2D eigenvalue weighted by Crippen LogP contribution is 2.17. The van der Waals surface area contributed by atoms with Crippen LogP contribution in [0.4, 0.5) is 0 Å². The third-order valence-electron chi connectivity index (χ3n) is 2.63. The van der Waals surface area contributed by atoms with Crippen LogP contribution in [0.1, 0.15) is 20.8 Å². The Morgan fingerprint density at radius 1 is 1.32 bits per heavy atom. The molecule has 0 aliphatic rings. The van der Waals surface area contributed by atoms with Gasteiger partial charge in [0.2, 0.25) is 5.91 Å². The van der Waals surface area contributed by atoms with Crippen LogP contribution in [0.15, 0.2) is 30.3 Å². The lowest BCUT2D eigenvalue weighted by Gasteiger charge is -2.25. The van der Waals surface area contributed by atoms with Gasteiger partial charge in [0.05, 0.1) is 12.6 Å². The van der Waals surface area contributed by atoms with E-state index in [9.17, 15) is 4.79 Å². The van der Waals surface area contributed by atoms with Crippen LogP contribution in [-0.2, 0) is 4.79 Å². The minimum Gasteiger partial charge on any atom is -0.492 e. The van der Waals surface area contributed by atoms with E-state index in [4.69, 9.17) is 10.5 Å². The Balaban J connectivity index is 0.00000324. The Morgan fingerprint density at radius 2 is 1.89 bits per heavy atom. The van der Waals surface area contributed by atoms with Crippen LogP contribution in [0.5, 0.6) is 5.75 Å². The highest BCUT2D eigenvalue weighted by atomic mass is 35.5. The van der Waals surface area contributed by atoms with Crippen molar-refractivity contribution in [1.82, 2.24) is 5.32 Å². The molecule has 0 aliphatic carbocycles. The SMILES string of the molecule is CC(C)(C)[C@H](N)C(=O)NCCOc1ccccc1.Cl. The maximum absolute atomic E-state index is 11.7. The van der Waals surface area contributed by atoms with Gasteiger partial charge in [-0.05, 0) is 17.5 Å². The van der Waals surface area contributed by atoms with Gasteiger partial charge in [0.15, 0.2) is 0 Å². The Labute approximate surface area is 121 Å². The van der Waals surface area contributed by atoms with Crippen molar-refractivity contribution >= 4 is 18.3 Å². The molecule has 3 N–H and O–H groups in total. The molecule has 0 heterocycles. The maximum Gasteiger partial charge on any atom is 0.237 e. The third kappa shape index (κ3) is 6.45. The molecule has 4 nitrogen and oxygen atoms in total. The first-order valence-corrected chi connectivity index (χ1v) is 6.12. The molecule has 0 aliphatic heterocycles. The minimum absolute atomic E-state index is 0. The topological polar surface area (TPSA) is 64.4 Å². The van der Waals surface area contributed by atoms with Crippen LogP contribution in [0.2, 0.25) is 0 Å². The second kappa shape index (κ2) is 8.02. The van der Waals surface area contributed by atoms with E-state index in [1.165, 1.54) is 0 Å². The molecule has 19 heavy (non-hydrogen) atoms. The predicted octanol–water partition coefficient (Wildman–Crippen LogP) is 1.98. The summed E-state index contributed by atoms with van der Waals surface area (Å²) >= 11 is 0. The Hall–Kier alpha value is -1.26. The average Bonchev–Trinajstić information content (AvgIpc) is 2.33. The summed E-state index contributed by atoms with van der Waals surface area (Å²) in [6.07, 6.45) is 0. The van der Waals surface area contributed by atoms with E-state index in [2.05, 4.69) is 5.32 Å². The van der Waals surface area contributed by atoms with Crippen molar-refractivity contribution in [3.8, 4) is 5.75 Å². The van der Waals surface area contributed by atoms with E-state index in [-0.39, 0.29) is 23.7 Å². The summed E-state index contributed by atoms with van der Waals surface area (Å²) in [5.74, 6) is 0.658. The van der Waals surface area contributed by atoms with E-state index in [0.717, 1.165) is 5.75 Å². The molecular formula is C14H23ClN2O2. The molecule has 0 saturated heterocycles. The second-order valence-electron chi connectivity index (χ2n) is 5.30. The molecule has 1 aromatic rings. The molecule has 0 unspecified atom stereocenters. The van der Waals surface area contributed by atoms with Crippen LogP contribution in [0, 0.1) is 5.41 Å². The standard InChI is InChI=1S/C14H22N2O2.ClH/c1-14(2,3)12(15)13(17)16-9-10-18-11-7-5-4-6-8-11;/h4-8,12H,9-10,15H2,1-3H3,(H,16,17);1H/t12-;/m1./s1. The van der Waals surface area contributed by atoms with E-state index in [0.29, 0.717) is 13.2 Å². The van der Waals surface area contributed by atoms with Gasteiger partial charge >= 0.3 is 0 Å². The number of ether oxygens (including phenoxy) is 1. The van der Waals surface area contributed by atoms with E-state index in [1.807, 2.05) is 51.1 Å². The van der Waals surface area contributed by atoms with Gasteiger partial charge in [-0.1, -0.05) is 39.0 Å². The number of halogens is 1. The summed E-state index contributed by atoms with van der Waals surface area (Å²) in [6.45, 7) is 6.72. The number of nitrogens with one attached hydrogen (secondary N) is 1. The molecule has 0 bridgehead atoms. The first-order chi connectivity index (χ1) is 8.41. The van der Waals surface area contributed by atoms with Gasteiger partial charge in [0.1, 0.15) is 12.4 Å². The van der Waals surface area contributed by atoms with Gasteiger partial charge < -0.3 is 15.8 Å². The van der Waals surface area contributed by atoms with Crippen LogP contribution in [0.3, 0.4) is 0 Å². The Kier molecular flexibility index (Phi) is 7.49. The van der Waals surface area contributed by atoms with Gasteiger partial charge in [-0.3, -0.25) is 4.79 Å². The second-order valence-corrected chi connectivity index (χ2v) is 5.30. The zero-order valence-corrected chi connectivity index (χ0v) is 12.5. The summed E-state index contributed by atoms with van der Waals surface area (Å²) in [5.41, 5.74) is 5.60. The fourth-order valence-electron chi connectivity index (χ4n) is 1.36. The van der Waals surface area contributed by atoms with E-state index in [1.54, 1.807) is 0 Å². The zero-order chi connectivity index (χ0) is 13.6. The van der Waals surface area contributed by atoms with Gasteiger partial charge in [0, 0.05) is 0 Å². The fourth-order valence-corrected chi connectivity index (χ4v) is 1.36. The number of para-hydroxylation sites is 1. The summed E-state index contributed by atoms with van der Waals surface area (Å²) in [6, 6.07) is 8.99. The highest BCUT2D eigenvalue weighted by Gasteiger charge is 2.26. The van der Waals surface area contributed by atoms with Crippen molar-refractivity contribution in [2.75, 3.05) is 13.2 Å². The average molecular weight is 287 g/mol. The fraction of sp³-hybridized carbons (Fsp3) is 0.500. The molecule has 1 atom stereocenters. The molecule has 5 heteroatoms. The first-order valence-electron chi connectivity index (χ1n) is 6.12. The first kappa shape index (κ1) is 17.7. The molecule has 0 spiro atoms. The Bertz CT molecular complexity index is 377. The molecule has 0 aromatic heterocycles. The van der Waals surface area contributed by atoms with Crippen molar-refractivity contribution in [1.29, 1.82) is 0 Å². The van der Waals surface area contributed by atoms with Gasteiger partial charge in [-0.25, -0.2) is 0 Å². The molecular weight excluding hydrogens is 264 g/mol. The van der Waals surface area contributed by atoms with Crippen molar-refractivity contribution < 1.29 is 9.53 Å². The molecule has 1 amide bonds. The lowest BCUT2D eigenvalue weighted by Crippen LogP contribution is -2.49. The molecule has 108 valence electrons. The van der Waals surface area contributed by atoms with Crippen LogP contribution >= 0.6 is 12.4 Å². The smallest absolute Gasteiger partial charge is 0.237 e. The monoisotopic (exact) mass is 286 g/mol. The van der Waals surface area contributed by atoms with E-state index < -0.39 is 6.04 Å². The number of nitrogens with two attached hydrogens (primary N) is 1. The Morgan fingerprint density at radius 3 is 2.42 bits per heavy atom. The number of benzene rings is 1. The molecule has 0 radical (unpaired) electrons. The largest absolute Gasteiger partial charge is 0.492 e. The normalized spacial score (nSPS) is 12.2.